The van der Waals surface area contributed by atoms with Gasteiger partial charge in [-0.2, -0.15) is 0 Å². The van der Waals surface area contributed by atoms with Crippen LogP contribution in [0.1, 0.15) is 37.0 Å². The van der Waals surface area contributed by atoms with Gasteiger partial charge >= 0.3 is 0 Å². The van der Waals surface area contributed by atoms with Gasteiger partial charge in [-0.1, -0.05) is 13.8 Å². The Morgan fingerprint density at radius 1 is 1.44 bits per heavy atom. The molecule has 1 aromatic heterocycles. The number of amides is 1. The number of H-pyrrole nitrogens is 1. The fourth-order valence-electron chi connectivity index (χ4n) is 2.03. The van der Waals surface area contributed by atoms with E-state index in [9.17, 15) is 9.59 Å². The molecule has 0 aliphatic rings. The van der Waals surface area contributed by atoms with E-state index in [2.05, 4.69) is 4.98 Å². The Kier molecular flexibility index (Phi) is 5.58. The standard InChI is InChI=1S/C13H20N2O3/c1-3-11(4-2)15(7-8-16)13(18)10-5-6-14-12(17)9-10/h5-6,9,11,16H,3-4,7-8H2,1-2H3,(H,14,17). The summed E-state index contributed by atoms with van der Waals surface area (Å²) >= 11 is 0. The van der Waals surface area contributed by atoms with Crippen LogP contribution < -0.4 is 5.56 Å². The van der Waals surface area contributed by atoms with Gasteiger partial charge in [0.05, 0.1) is 6.61 Å². The Hall–Kier alpha value is -1.62. The first-order chi connectivity index (χ1) is 8.63. The molecule has 0 bridgehead atoms. The predicted molar refractivity (Wildman–Crippen MR) is 69.6 cm³/mol. The Labute approximate surface area is 106 Å². The number of pyridine rings is 1. The normalized spacial score (nSPS) is 10.7. The molecule has 1 rings (SSSR count). The second kappa shape index (κ2) is 6.96. The monoisotopic (exact) mass is 252 g/mol. The summed E-state index contributed by atoms with van der Waals surface area (Å²) in [5.41, 5.74) is 0.0634. The third-order valence-corrected chi connectivity index (χ3v) is 3.01. The van der Waals surface area contributed by atoms with E-state index < -0.39 is 0 Å². The first-order valence-corrected chi connectivity index (χ1v) is 6.24. The third-order valence-electron chi connectivity index (χ3n) is 3.01. The zero-order valence-corrected chi connectivity index (χ0v) is 10.8. The highest BCUT2D eigenvalue weighted by molar-refractivity contribution is 5.94. The van der Waals surface area contributed by atoms with Crippen LogP contribution in [-0.4, -0.2) is 40.1 Å². The molecule has 0 fully saturated rings. The van der Waals surface area contributed by atoms with Gasteiger partial charge in [0.2, 0.25) is 5.56 Å². The molecule has 5 nitrogen and oxygen atoms in total. The number of aliphatic hydroxyl groups is 1. The lowest BCUT2D eigenvalue weighted by atomic mass is 10.1. The zero-order valence-electron chi connectivity index (χ0n) is 10.8. The van der Waals surface area contributed by atoms with Crippen molar-refractivity contribution in [3.8, 4) is 0 Å². The molecule has 0 saturated carbocycles. The third kappa shape index (κ3) is 3.43. The highest BCUT2D eigenvalue weighted by Gasteiger charge is 2.21. The largest absolute Gasteiger partial charge is 0.395 e. The number of hydrogen-bond acceptors (Lipinski definition) is 3. The second-order valence-electron chi connectivity index (χ2n) is 4.13. The molecule has 100 valence electrons. The van der Waals surface area contributed by atoms with Gasteiger partial charge in [0, 0.05) is 30.4 Å². The van der Waals surface area contributed by atoms with E-state index in [1.807, 2.05) is 13.8 Å². The summed E-state index contributed by atoms with van der Waals surface area (Å²) in [4.78, 5) is 27.6. The molecule has 0 aromatic carbocycles. The van der Waals surface area contributed by atoms with E-state index in [-0.39, 0.29) is 30.7 Å². The van der Waals surface area contributed by atoms with E-state index >= 15 is 0 Å². The number of hydrogen-bond donors (Lipinski definition) is 2. The van der Waals surface area contributed by atoms with Crippen LogP contribution >= 0.6 is 0 Å². The molecular formula is C13H20N2O3. The van der Waals surface area contributed by atoms with Crippen molar-refractivity contribution in [1.82, 2.24) is 9.88 Å². The van der Waals surface area contributed by atoms with Crippen molar-refractivity contribution >= 4 is 5.91 Å². The van der Waals surface area contributed by atoms with Gasteiger partial charge in [-0.25, -0.2) is 0 Å². The maximum absolute atomic E-state index is 12.3. The van der Waals surface area contributed by atoms with E-state index in [1.165, 1.54) is 12.3 Å². The van der Waals surface area contributed by atoms with Crippen molar-refractivity contribution in [2.24, 2.45) is 0 Å². The molecule has 18 heavy (non-hydrogen) atoms. The number of aromatic amines is 1. The number of aliphatic hydroxyl groups excluding tert-OH is 1. The second-order valence-corrected chi connectivity index (χ2v) is 4.13. The topological polar surface area (TPSA) is 73.4 Å². The zero-order chi connectivity index (χ0) is 13.5. The van der Waals surface area contributed by atoms with Crippen molar-refractivity contribution in [3.63, 3.8) is 0 Å². The molecule has 0 unspecified atom stereocenters. The Morgan fingerprint density at radius 2 is 2.11 bits per heavy atom. The Morgan fingerprint density at radius 3 is 2.61 bits per heavy atom. The van der Waals surface area contributed by atoms with E-state index in [1.54, 1.807) is 11.0 Å². The fraction of sp³-hybridized carbons (Fsp3) is 0.538. The van der Waals surface area contributed by atoms with Crippen LogP contribution in [0, 0.1) is 0 Å². The first-order valence-electron chi connectivity index (χ1n) is 6.24. The number of nitrogens with one attached hydrogen (secondary N) is 1. The van der Waals surface area contributed by atoms with Crippen LogP contribution in [0.4, 0.5) is 0 Å². The fourth-order valence-corrected chi connectivity index (χ4v) is 2.03. The molecule has 1 aromatic rings. The minimum absolute atomic E-state index is 0.0779. The van der Waals surface area contributed by atoms with Crippen molar-refractivity contribution < 1.29 is 9.90 Å². The summed E-state index contributed by atoms with van der Waals surface area (Å²) in [5.74, 6) is -0.205. The summed E-state index contributed by atoms with van der Waals surface area (Å²) in [6.07, 6.45) is 3.11. The molecule has 0 spiro atoms. The molecule has 2 N–H and O–H groups in total. The molecule has 5 heteroatoms. The van der Waals surface area contributed by atoms with Crippen molar-refractivity contribution in [3.05, 3.63) is 34.2 Å². The van der Waals surface area contributed by atoms with Gasteiger partial charge in [0.1, 0.15) is 0 Å². The smallest absolute Gasteiger partial charge is 0.254 e. The minimum Gasteiger partial charge on any atom is -0.395 e. The lowest BCUT2D eigenvalue weighted by Crippen LogP contribution is -2.41. The van der Waals surface area contributed by atoms with E-state index in [0.717, 1.165) is 12.8 Å². The van der Waals surface area contributed by atoms with Gasteiger partial charge < -0.3 is 15.0 Å². The minimum atomic E-state index is -0.297. The van der Waals surface area contributed by atoms with Crippen LogP contribution in [0.15, 0.2) is 23.1 Å². The average Bonchev–Trinajstić information content (AvgIpc) is 2.38. The van der Waals surface area contributed by atoms with Crippen LogP contribution in [0.2, 0.25) is 0 Å². The van der Waals surface area contributed by atoms with Gasteiger partial charge in [-0.05, 0) is 18.9 Å². The average molecular weight is 252 g/mol. The molecule has 0 saturated heterocycles. The maximum Gasteiger partial charge on any atom is 0.254 e. The number of aromatic nitrogens is 1. The van der Waals surface area contributed by atoms with Crippen molar-refractivity contribution in [2.45, 2.75) is 32.7 Å². The van der Waals surface area contributed by atoms with Gasteiger partial charge in [0.15, 0.2) is 0 Å². The molecule has 0 aliphatic heterocycles. The summed E-state index contributed by atoms with van der Waals surface area (Å²) in [6.45, 7) is 4.22. The summed E-state index contributed by atoms with van der Waals surface area (Å²) in [6, 6.07) is 2.95. The summed E-state index contributed by atoms with van der Waals surface area (Å²) < 4.78 is 0. The molecule has 0 atom stereocenters. The number of rotatable bonds is 6. The van der Waals surface area contributed by atoms with Gasteiger partial charge in [0.25, 0.3) is 5.91 Å². The van der Waals surface area contributed by atoms with Gasteiger partial charge in [-0.3, -0.25) is 9.59 Å². The highest BCUT2D eigenvalue weighted by atomic mass is 16.3. The number of carbonyl (C=O) groups is 1. The molecule has 1 heterocycles. The summed E-state index contributed by atoms with van der Waals surface area (Å²) in [7, 11) is 0. The Balaban J connectivity index is 2.98. The van der Waals surface area contributed by atoms with Crippen LogP contribution in [0.3, 0.4) is 0 Å². The maximum atomic E-state index is 12.3. The van der Waals surface area contributed by atoms with Gasteiger partial charge in [-0.15, -0.1) is 0 Å². The molecular weight excluding hydrogens is 232 g/mol. The Bertz CT molecular complexity index is 438. The molecule has 0 aliphatic carbocycles. The highest BCUT2D eigenvalue weighted by Crippen LogP contribution is 2.12. The van der Waals surface area contributed by atoms with Crippen molar-refractivity contribution in [2.75, 3.05) is 13.2 Å². The lowest BCUT2D eigenvalue weighted by molar-refractivity contribution is 0.0622. The van der Waals surface area contributed by atoms with Crippen LogP contribution in [0.5, 0.6) is 0 Å². The number of carbonyl (C=O) groups excluding carboxylic acids is 1. The predicted octanol–water partition coefficient (Wildman–Crippen LogP) is 0.998. The van der Waals surface area contributed by atoms with Crippen LogP contribution in [0.25, 0.3) is 0 Å². The van der Waals surface area contributed by atoms with Crippen LogP contribution in [-0.2, 0) is 0 Å². The van der Waals surface area contributed by atoms with E-state index in [4.69, 9.17) is 5.11 Å². The quantitative estimate of drug-likeness (QED) is 0.793. The molecule has 1 amide bonds. The van der Waals surface area contributed by atoms with E-state index in [0.29, 0.717) is 5.56 Å². The SMILES string of the molecule is CCC(CC)N(CCO)C(=O)c1cc[nH]c(=O)c1. The summed E-state index contributed by atoms with van der Waals surface area (Å²) in [5, 5.41) is 9.07. The number of nitrogens with zero attached hydrogens (tertiary/aromatic N) is 1. The van der Waals surface area contributed by atoms with Crippen molar-refractivity contribution in [1.29, 1.82) is 0 Å². The molecule has 0 radical (unpaired) electrons. The first kappa shape index (κ1) is 14.4. The lowest BCUT2D eigenvalue weighted by Gasteiger charge is -2.30.